The summed E-state index contributed by atoms with van der Waals surface area (Å²) < 4.78 is 32.9. The molecule has 3 aromatic carbocycles. The topological polar surface area (TPSA) is 84.5 Å². The number of aryl methyl sites for hydroxylation is 1. The highest BCUT2D eigenvalue weighted by Gasteiger charge is 2.16. The van der Waals surface area contributed by atoms with Crippen LogP contribution in [0, 0.1) is 0 Å². The lowest BCUT2D eigenvalue weighted by Crippen LogP contribution is -2.28. The van der Waals surface area contributed by atoms with Crippen LogP contribution in [0.1, 0.15) is 22.8 Å². The molecular formula is C23H23ClN2O4S. The third-order valence-corrected chi connectivity index (χ3v) is 6.21. The van der Waals surface area contributed by atoms with Gasteiger partial charge in [-0.05, 0) is 54.4 Å². The molecule has 0 atom stereocenters. The molecular weight excluding hydrogens is 436 g/mol. The highest BCUT2D eigenvalue weighted by Crippen LogP contribution is 2.26. The third-order valence-electron chi connectivity index (χ3n) is 4.52. The maximum atomic E-state index is 12.4. The van der Waals surface area contributed by atoms with Crippen LogP contribution in [0.4, 0.5) is 5.69 Å². The van der Waals surface area contributed by atoms with Gasteiger partial charge in [0.1, 0.15) is 12.4 Å². The second kappa shape index (κ2) is 10.3. The van der Waals surface area contributed by atoms with E-state index in [-0.39, 0.29) is 21.5 Å². The molecule has 0 aliphatic carbocycles. The van der Waals surface area contributed by atoms with Gasteiger partial charge in [0.05, 0.1) is 22.2 Å². The van der Waals surface area contributed by atoms with Gasteiger partial charge in [-0.2, -0.15) is 0 Å². The molecule has 162 valence electrons. The number of hydrogen-bond acceptors (Lipinski definition) is 4. The first-order valence-electron chi connectivity index (χ1n) is 9.76. The molecule has 2 N–H and O–H groups in total. The van der Waals surface area contributed by atoms with Crippen LogP contribution in [0.25, 0.3) is 0 Å². The fraction of sp³-hybridized carbons (Fsp3) is 0.174. The number of rotatable bonds is 9. The molecule has 0 fully saturated rings. The highest BCUT2D eigenvalue weighted by molar-refractivity contribution is 7.92. The van der Waals surface area contributed by atoms with E-state index in [9.17, 15) is 13.2 Å². The molecule has 0 radical (unpaired) electrons. The average Bonchev–Trinajstić information content (AvgIpc) is 2.79. The molecule has 0 aliphatic rings. The van der Waals surface area contributed by atoms with Crippen molar-refractivity contribution in [2.45, 2.75) is 18.2 Å². The molecule has 0 bridgehead atoms. The van der Waals surface area contributed by atoms with Gasteiger partial charge in [0, 0.05) is 5.56 Å². The number of anilines is 1. The van der Waals surface area contributed by atoms with Crippen LogP contribution in [-0.2, 0) is 16.4 Å². The molecule has 0 spiro atoms. The average molecular weight is 459 g/mol. The fourth-order valence-electron chi connectivity index (χ4n) is 2.80. The van der Waals surface area contributed by atoms with E-state index in [2.05, 4.69) is 17.0 Å². The molecule has 3 rings (SSSR count). The molecule has 1 amide bonds. The van der Waals surface area contributed by atoms with Crippen LogP contribution in [0.15, 0.2) is 77.7 Å². The van der Waals surface area contributed by atoms with Crippen LogP contribution in [0.3, 0.4) is 0 Å². The Hall–Kier alpha value is -3.03. The first-order chi connectivity index (χ1) is 14.9. The largest absolute Gasteiger partial charge is 0.492 e. The molecule has 0 saturated carbocycles. The fourth-order valence-corrected chi connectivity index (χ4v) is 4.18. The van der Waals surface area contributed by atoms with E-state index < -0.39 is 10.0 Å². The summed E-state index contributed by atoms with van der Waals surface area (Å²) in [6.07, 6.45) is 0.964. The Morgan fingerprint density at radius 3 is 2.35 bits per heavy atom. The van der Waals surface area contributed by atoms with Crippen LogP contribution in [-0.4, -0.2) is 27.5 Å². The summed E-state index contributed by atoms with van der Waals surface area (Å²) >= 11 is 6.20. The van der Waals surface area contributed by atoms with E-state index in [0.29, 0.717) is 18.7 Å². The van der Waals surface area contributed by atoms with Crippen molar-refractivity contribution in [1.29, 1.82) is 0 Å². The Kier molecular flexibility index (Phi) is 7.55. The maximum absolute atomic E-state index is 12.4. The van der Waals surface area contributed by atoms with Crippen molar-refractivity contribution >= 4 is 33.2 Å². The normalized spacial score (nSPS) is 11.0. The lowest BCUT2D eigenvalue weighted by molar-refractivity contribution is 0.0947. The number of halogens is 1. The Morgan fingerprint density at radius 1 is 1.00 bits per heavy atom. The van der Waals surface area contributed by atoms with E-state index in [0.717, 1.165) is 12.2 Å². The second-order valence-electron chi connectivity index (χ2n) is 6.72. The zero-order chi connectivity index (χ0) is 22.3. The van der Waals surface area contributed by atoms with E-state index in [1.807, 2.05) is 24.3 Å². The number of ether oxygens (including phenoxy) is 1. The quantitative estimate of drug-likeness (QED) is 0.462. The third kappa shape index (κ3) is 6.23. The van der Waals surface area contributed by atoms with Crippen LogP contribution in [0.2, 0.25) is 5.02 Å². The summed E-state index contributed by atoms with van der Waals surface area (Å²) in [7, 11) is -3.77. The molecule has 0 saturated heterocycles. The Balaban J connectivity index is 1.54. The molecule has 0 heterocycles. The predicted octanol–water partition coefficient (Wildman–Crippen LogP) is 4.51. The molecule has 0 unspecified atom stereocenters. The summed E-state index contributed by atoms with van der Waals surface area (Å²) in [5, 5.41) is 2.88. The first kappa shape index (κ1) is 22.7. The molecule has 0 aromatic heterocycles. The monoisotopic (exact) mass is 458 g/mol. The summed E-state index contributed by atoms with van der Waals surface area (Å²) in [5.41, 5.74) is 1.74. The van der Waals surface area contributed by atoms with Gasteiger partial charge in [0.15, 0.2) is 0 Å². The molecule has 8 heteroatoms. The standard InChI is InChI=1S/C23H23ClN2O4S/c1-2-17-8-11-19(12-9-17)30-15-14-25-23(27)18-10-13-22(21(24)16-18)26-31(28,29)20-6-4-3-5-7-20/h3-13,16,26H,2,14-15H2,1H3,(H,25,27). The van der Waals surface area contributed by atoms with Gasteiger partial charge in [-0.25, -0.2) is 8.42 Å². The van der Waals surface area contributed by atoms with Gasteiger partial charge in [0.25, 0.3) is 15.9 Å². The maximum Gasteiger partial charge on any atom is 0.261 e. The number of sulfonamides is 1. The number of carbonyl (C=O) groups is 1. The number of carbonyl (C=O) groups excluding carboxylic acids is 1. The van der Waals surface area contributed by atoms with E-state index in [4.69, 9.17) is 16.3 Å². The second-order valence-corrected chi connectivity index (χ2v) is 8.80. The van der Waals surface area contributed by atoms with E-state index in [1.54, 1.807) is 18.2 Å². The summed E-state index contributed by atoms with van der Waals surface area (Å²) in [6, 6.07) is 20.2. The van der Waals surface area contributed by atoms with Crippen molar-refractivity contribution in [3.8, 4) is 5.75 Å². The Bertz CT molecular complexity index is 1130. The van der Waals surface area contributed by atoms with Crippen molar-refractivity contribution in [3.05, 3.63) is 88.9 Å². The van der Waals surface area contributed by atoms with Gasteiger partial charge in [-0.3, -0.25) is 9.52 Å². The van der Waals surface area contributed by atoms with Crippen molar-refractivity contribution in [2.75, 3.05) is 17.9 Å². The molecule has 0 aliphatic heterocycles. The van der Waals surface area contributed by atoms with Crippen molar-refractivity contribution in [1.82, 2.24) is 5.32 Å². The van der Waals surface area contributed by atoms with E-state index in [1.165, 1.54) is 35.9 Å². The minimum absolute atomic E-state index is 0.122. The van der Waals surface area contributed by atoms with Crippen LogP contribution < -0.4 is 14.8 Å². The molecule has 6 nitrogen and oxygen atoms in total. The Morgan fingerprint density at radius 2 is 1.71 bits per heavy atom. The van der Waals surface area contributed by atoms with Crippen LogP contribution >= 0.6 is 11.6 Å². The Labute approximate surface area is 187 Å². The lowest BCUT2D eigenvalue weighted by atomic mass is 10.2. The zero-order valence-electron chi connectivity index (χ0n) is 17.0. The minimum Gasteiger partial charge on any atom is -0.492 e. The van der Waals surface area contributed by atoms with Crippen LogP contribution in [0.5, 0.6) is 5.75 Å². The van der Waals surface area contributed by atoms with Gasteiger partial charge >= 0.3 is 0 Å². The van der Waals surface area contributed by atoms with Gasteiger partial charge in [-0.1, -0.05) is 48.9 Å². The SMILES string of the molecule is CCc1ccc(OCCNC(=O)c2ccc(NS(=O)(=O)c3ccccc3)c(Cl)c2)cc1. The smallest absolute Gasteiger partial charge is 0.261 e. The lowest BCUT2D eigenvalue weighted by Gasteiger charge is -2.11. The number of hydrogen-bond donors (Lipinski definition) is 2. The predicted molar refractivity (Wildman–Crippen MR) is 122 cm³/mol. The van der Waals surface area contributed by atoms with Crippen molar-refractivity contribution < 1.29 is 17.9 Å². The number of benzene rings is 3. The van der Waals surface area contributed by atoms with Gasteiger partial charge in [-0.15, -0.1) is 0 Å². The summed E-state index contributed by atoms with van der Waals surface area (Å²) in [4.78, 5) is 12.5. The first-order valence-corrected chi connectivity index (χ1v) is 11.6. The van der Waals surface area contributed by atoms with E-state index >= 15 is 0 Å². The van der Waals surface area contributed by atoms with Crippen molar-refractivity contribution in [2.24, 2.45) is 0 Å². The zero-order valence-corrected chi connectivity index (χ0v) is 18.5. The number of nitrogens with one attached hydrogen (secondary N) is 2. The number of amides is 1. The van der Waals surface area contributed by atoms with Gasteiger partial charge < -0.3 is 10.1 Å². The highest BCUT2D eigenvalue weighted by atomic mass is 35.5. The van der Waals surface area contributed by atoms with Gasteiger partial charge in [0.2, 0.25) is 0 Å². The summed E-state index contributed by atoms with van der Waals surface area (Å²) in [5.74, 6) is 0.411. The summed E-state index contributed by atoms with van der Waals surface area (Å²) in [6.45, 7) is 2.72. The minimum atomic E-state index is -3.77. The molecule has 31 heavy (non-hydrogen) atoms. The molecule has 3 aromatic rings. The van der Waals surface area contributed by atoms with Crippen molar-refractivity contribution in [3.63, 3.8) is 0 Å².